The summed E-state index contributed by atoms with van der Waals surface area (Å²) in [6, 6.07) is 27.4. The molecule has 1 aromatic heterocycles. The zero-order valence-electron chi connectivity index (χ0n) is 20.7. The smallest absolute Gasteiger partial charge is 0.344 e. The van der Waals surface area contributed by atoms with E-state index in [2.05, 4.69) is 4.90 Å². The summed E-state index contributed by atoms with van der Waals surface area (Å²) in [7, 11) is 0. The van der Waals surface area contributed by atoms with Crippen LogP contribution < -0.4 is 4.74 Å². The first-order chi connectivity index (χ1) is 18.1. The van der Waals surface area contributed by atoms with E-state index >= 15 is 0 Å². The number of carbonyl (C=O) groups excluding carboxylic acids is 1. The number of likely N-dealkylation sites (tertiary alicyclic amines) is 1. The van der Waals surface area contributed by atoms with Crippen molar-refractivity contribution in [1.82, 2.24) is 9.88 Å². The van der Waals surface area contributed by atoms with Gasteiger partial charge in [-0.2, -0.15) is 0 Å². The van der Waals surface area contributed by atoms with E-state index in [-0.39, 0.29) is 12.6 Å². The molecule has 0 unspecified atom stereocenters. The van der Waals surface area contributed by atoms with Crippen LogP contribution in [0.4, 0.5) is 0 Å². The standard InChI is InChI=1S/C30H30N2O5/c1-2-35-27(34)20-36-25-15-9-10-21(16-25)18-32-19-24(33)17-26(32)30-31-28(22-11-5-3-6-12-22)29(37-30)23-13-7-4-8-14-23/h3-16,24,26,33H,2,17-20H2,1H3/t24-,26+/m1/s1. The quantitative estimate of drug-likeness (QED) is 0.315. The van der Waals surface area contributed by atoms with Gasteiger partial charge in [-0.25, -0.2) is 9.78 Å². The van der Waals surface area contributed by atoms with E-state index < -0.39 is 12.1 Å². The molecule has 0 spiro atoms. The normalized spacial score (nSPS) is 17.6. The second-order valence-corrected chi connectivity index (χ2v) is 9.04. The number of hydrogen-bond acceptors (Lipinski definition) is 7. The Balaban J connectivity index is 1.40. The number of oxazole rings is 1. The average molecular weight is 499 g/mol. The van der Waals surface area contributed by atoms with Gasteiger partial charge in [-0.05, 0) is 31.0 Å². The number of carbonyl (C=O) groups is 1. The van der Waals surface area contributed by atoms with Crippen LogP contribution in [0.3, 0.4) is 0 Å². The molecule has 5 rings (SSSR count). The molecule has 1 saturated heterocycles. The number of esters is 1. The van der Waals surface area contributed by atoms with Gasteiger partial charge in [-0.1, -0.05) is 72.8 Å². The molecule has 0 radical (unpaired) electrons. The third-order valence-corrected chi connectivity index (χ3v) is 6.34. The Morgan fingerprint density at radius 1 is 1.03 bits per heavy atom. The number of aliphatic hydroxyl groups excluding tert-OH is 1. The van der Waals surface area contributed by atoms with Gasteiger partial charge >= 0.3 is 5.97 Å². The number of hydrogen-bond donors (Lipinski definition) is 1. The summed E-state index contributed by atoms with van der Waals surface area (Å²) in [6.07, 6.45) is 0.0441. The Morgan fingerprint density at radius 3 is 2.49 bits per heavy atom. The second kappa shape index (κ2) is 11.4. The summed E-state index contributed by atoms with van der Waals surface area (Å²) in [5.41, 5.74) is 3.72. The third-order valence-electron chi connectivity index (χ3n) is 6.34. The fourth-order valence-corrected chi connectivity index (χ4v) is 4.68. The Hall–Kier alpha value is -3.94. The molecule has 7 heteroatoms. The summed E-state index contributed by atoms with van der Waals surface area (Å²) in [5, 5.41) is 10.6. The van der Waals surface area contributed by atoms with Crippen LogP contribution in [0.5, 0.6) is 5.75 Å². The van der Waals surface area contributed by atoms with E-state index in [1.807, 2.05) is 84.9 Å². The topological polar surface area (TPSA) is 85.0 Å². The molecule has 3 aromatic carbocycles. The van der Waals surface area contributed by atoms with Gasteiger partial charge in [0.1, 0.15) is 11.4 Å². The molecular formula is C30H30N2O5. The summed E-state index contributed by atoms with van der Waals surface area (Å²) < 4.78 is 17.0. The van der Waals surface area contributed by atoms with Crippen molar-refractivity contribution >= 4 is 5.97 Å². The first-order valence-electron chi connectivity index (χ1n) is 12.5. The first kappa shape index (κ1) is 24.7. The molecule has 0 bridgehead atoms. The van der Waals surface area contributed by atoms with Crippen LogP contribution in [0.1, 0.15) is 30.8 Å². The van der Waals surface area contributed by atoms with Gasteiger partial charge < -0.3 is 19.0 Å². The summed E-state index contributed by atoms with van der Waals surface area (Å²) in [4.78, 5) is 18.8. The molecule has 0 aliphatic carbocycles. The maximum Gasteiger partial charge on any atom is 0.344 e. The minimum atomic E-state index is -0.486. The van der Waals surface area contributed by atoms with Crippen molar-refractivity contribution in [1.29, 1.82) is 0 Å². The summed E-state index contributed by atoms with van der Waals surface area (Å²) in [6.45, 7) is 3.02. The Labute approximate surface area is 216 Å². The zero-order valence-corrected chi connectivity index (χ0v) is 20.7. The fourth-order valence-electron chi connectivity index (χ4n) is 4.68. The maximum atomic E-state index is 11.6. The number of aromatic nitrogens is 1. The van der Waals surface area contributed by atoms with Crippen molar-refractivity contribution in [3.8, 4) is 28.3 Å². The summed E-state index contributed by atoms with van der Waals surface area (Å²) in [5.74, 6) is 1.50. The van der Waals surface area contributed by atoms with Crippen molar-refractivity contribution in [3.05, 3.63) is 96.4 Å². The lowest BCUT2D eigenvalue weighted by atomic mass is 10.1. The highest BCUT2D eigenvalue weighted by Gasteiger charge is 2.36. The molecule has 37 heavy (non-hydrogen) atoms. The van der Waals surface area contributed by atoms with Crippen LogP contribution in [-0.2, 0) is 16.1 Å². The Morgan fingerprint density at radius 2 is 1.76 bits per heavy atom. The van der Waals surface area contributed by atoms with Crippen LogP contribution in [0.25, 0.3) is 22.6 Å². The predicted octanol–water partition coefficient (Wildman–Crippen LogP) is 5.26. The van der Waals surface area contributed by atoms with Crippen LogP contribution in [-0.4, -0.2) is 46.8 Å². The maximum absolute atomic E-state index is 11.6. The molecule has 190 valence electrons. The van der Waals surface area contributed by atoms with Crippen molar-refractivity contribution in [2.45, 2.75) is 32.0 Å². The van der Waals surface area contributed by atoms with Crippen LogP contribution >= 0.6 is 0 Å². The highest BCUT2D eigenvalue weighted by Crippen LogP contribution is 2.39. The number of nitrogens with zero attached hydrogens (tertiary/aromatic N) is 2. The zero-order chi connectivity index (χ0) is 25.6. The molecule has 1 N–H and O–H groups in total. The molecule has 2 heterocycles. The van der Waals surface area contributed by atoms with Gasteiger partial charge in [0.2, 0.25) is 5.89 Å². The monoisotopic (exact) mass is 498 g/mol. The van der Waals surface area contributed by atoms with Gasteiger partial charge in [0, 0.05) is 24.2 Å². The van der Waals surface area contributed by atoms with Gasteiger partial charge in [-0.3, -0.25) is 4.90 Å². The van der Waals surface area contributed by atoms with Crippen molar-refractivity contribution in [3.63, 3.8) is 0 Å². The Kier molecular flexibility index (Phi) is 7.63. The largest absolute Gasteiger partial charge is 0.482 e. The molecule has 4 aromatic rings. The van der Waals surface area contributed by atoms with Gasteiger partial charge in [0.15, 0.2) is 12.4 Å². The van der Waals surface area contributed by atoms with Crippen LogP contribution in [0, 0.1) is 0 Å². The fraction of sp³-hybridized carbons (Fsp3) is 0.267. The van der Waals surface area contributed by atoms with Gasteiger partial charge in [-0.15, -0.1) is 0 Å². The van der Waals surface area contributed by atoms with Gasteiger partial charge in [0.05, 0.1) is 18.8 Å². The van der Waals surface area contributed by atoms with Crippen molar-refractivity contribution < 1.29 is 23.8 Å². The molecule has 1 aliphatic rings. The minimum Gasteiger partial charge on any atom is -0.482 e. The van der Waals surface area contributed by atoms with E-state index in [4.69, 9.17) is 18.9 Å². The van der Waals surface area contributed by atoms with E-state index in [1.165, 1.54) is 0 Å². The average Bonchev–Trinajstić information content (AvgIpc) is 3.52. The van der Waals surface area contributed by atoms with E-state index in [0.717, 1.165) is 28.1 Å². The molecule has 1 fully saturated rings. The molecule has 0 amide bonds. The van der Waals surface area contributed by atoms with Crippen LogP contribution in [0.15, 0.2) is 89.3 Å². The lowest BCUT2D eigenvalue weighted by molar-refractivity contribution is -0.145. The highest BCUT2D eigenvalue weighted by atomic mass is 16.6. The first-order valence-corrected chi connectivity index (χ1v) is 12.5. The number of β-amino-alcohol motifs (C(OH)–C–C–N with tert-alkyl or cyclic N) is 1. The van der Waals surface area contributed by atoms with E-state index in [1.54, 1.807) is 6.92 Å². The Bertz CT molecular complexity index is 1270. The van der Waals surface area contributed by atoms with E-state index in [9.17, 15) is 9.90 Å². The number of ether oxygens (including phenoxy) is 2. The molecule has 7 nitrogen and oxygen atoms in total. The minimum absolute atomic E-state index is 0.136. The van der Waals surface area contributed by atoms with Crippen molar-refractivity contribution in [2.75, 3.05) is 19.8 Å². The number of rotatable bonds is 9. The number of benzene rings is 3. The SMILES string of the molecule is CCOC(=O)COc1cccc(CN2C[C@H](O)C[C@H]2c2nc(-c3ccccc3)c(-c3ccccc3)o2)c1. The van der Waals surface area contributed by atoms with Crippen molar-refractivity contribution in [2.24, 2.45) is 0 Å². The molecule has 1 aliphatic heterocycles. The highest BCUT2D eigenvalue weighted by molar-refractivity contribution is 5.76. The predicted molar refractivity (Wildman–Crippen MR) is 140 cm³/mol. The summed E-state index contributed by atoms with van der Waals surface area (Å²) >= 11 is 0. The van der Waals surface area contributed by atoms with E-state index in [0.29, 0.717) is 37.8 Å². The molecule has 0 saturated carbocycles. The lowest BCUT2D eigenvalue weighted by Crippen LogP contribution is -2.24. The van der Waals surface area contributed by atoms with Crippen LogP contribution in [0.2, 0.25) is 0 Å². The second-order valence-electron chi connectivity index (χ2n) is 9.04. The lowest BCUT2D eigenvalue weighted by Gasteiger charge is -2.22. The van der Waals surface area contributed by atoms with Gasteiger partial charge in [0.25, 0.3) is 0 Å². The third kappa shape index (κ3) is 5.90. The molecular weight excluding hydrogens is 468 g/mol. The number of aliphatic hydroxyl groups is 1. The molecule has 2 atom stereocenters.